The average Bonchev–Trinajstić information content (AvgIpc) is 3.06. The molecule has 8 heteroatoms. The number of aromatic nitrogens is 2. The maximum absolute atomic E-state index is 10.9. The Balaban J connectivity index is 1.99. The smallest absolute Gasteiger partial charge is 0.255 e. The SMILES string of the molecule is CCCCc1[nH]nc2c1C(c1ccc(OCC(N)=O)cc1)C(C#N)=C(N)O2. The number of hydrogen-bond donors (Lipinski definition) is 3. The highest BCUT2D eigenvalue weighted by atomic mass is 16.5. The van der Waals surface area contributed by atoms with E-state index in [1.165, 1.54) is 0 Å². The Morgan fingerprint density at radius 1 is 1.41 bits per heavy atom. The number of allylic oxidation sites excluding steroid dienone is 1. The highest BCUT2D eigenvalue weighted by molar-refractivity contribution is 5.75. The van der Waals surface area contributed by atoms with Crippen molar-refractivity contribution in [1.82, 2.24) is 10.2 Å². The number of aromatic amines is 1. The van der Waals surface area contributed by atoms with Crippen LogP contribution in [0.3, 0.4) is 0 Å². The number of amides is 1. The Morgan fingerprint density at radius 3 is 2.78 bits per heavy atom. The lowest BCUT2D eigenvalue weighted by Crippen LogP contribution is -2.21. The number of fused-ring (bicyclic) bond motifs is 1. The van der Waals surface area contributed by atoms with E-state index in [1.54, 1.807) is 12.1 Å². The van der Waals surface area contributed by atoms with E-state index >= 15 is 0 Å². The minimum Gasteiger partial charge on any atom is -0.484 e. The van der Waals surface area contributed by atoms with Gasteiger partial charge in [0.25, 0.3) is 5.91 Å². The first-order chi connectivity index (χ1) is 13.0. The highest BCUT2D eigenvalue weighted by Crippen LogP contribution is 2.43. The molecule has 1 aromatic carbocycles. The molecule has 2 aromatic rings. The van der Waals surface area contributed by atoms with Crippen LogP contribution < -0.4 is 20.9 Å². The molecule has 27 heavy (non-hydrogen) atoms. The van der Waals surface area contributed by atoms with Crippen molar-refractivity contribution >= 4 is 5.91 Å². The molecule has 1 atom stereocenters. The van der Waals surface area contributed by atoms with Crippen LogP contribution in [-0.4, -0.2) is 22.7 Å². The zero-order chi connectivity index (χ0) is 19.4. The number of rotatable bonds is 7. The molecule has 1 aliphatic heterocycles. The van der Waals surface area contributed by atoms with Crippen LogP contribution in [0.25, 0.3) is 0 Å². The fraction of sp³-hybridized carbons (Fsp3) is 0.316. The van der Waals surface area contributed by atoms with Crippen molar-refractivity contribution < 1.29 is 14.3 Å². The second-order valence-electron chi connectivity index (χ2n) is 6.27. The van der Waals surface area contributed by atoms with E-state index in [1.807, 2.05) is 12.1 Å². The predicted octanol–water partition coefficient (Wildman–Crippen LogP) is 1.83. The average molecular weight is 367 g/mol. The number of nitrogens with zero attached hydrogens (tertiary/aromatic N) is 2. The monoisotopic (exact) mass is 367 g/mol. The lowest BCUT2D eigenvalue weighted by molar-refractivity contribution is -0.119. The Kier molecular flexibility index (Phi) is 5.31. The molecule has 5 N–H and O–H groups in total. The number of H-pyrrole nitrogens is 1. The van der Waals surface area contributed by atoms with E-state index in [4.69, 9.17) is 20.9 Å². The minimum absolute atomic E-state index is 0.0533. The van der Waals surface area contributed by atoms with E-state index in [0.717, 1.165) is 36.1 Å². The van der Waals surface area contributed by atoms with Crippen molar-refractivity contribution in [1.29, 1.82) is 5.26 Å². The summed E-state index contributed by atoms with van der Waals surface area (Å²) in [4.78, 5) is 10.9. The van der Waals surface area contributed by atoms with Gasteiger partial charge in [-0.05, 0) is 30.5 Å². The number of benzene rings is 1. The quantitative estimate of drug-likeness (QED) is 0.682. The summed E-state index contributed by atoms with van der Waals surface area (Å²) in [5, 5.41) is 16.9. The first-order valence-corrected chi connectivity index (χ1v) is 8.70. The van der Waals surface area contributed by atoms with E-state index in [2.05, 4.69) is 23.2 Å². The zero-order valence-electron chi connectivity index (χ0n) is 15.0. The lowest BCUT2D eigenvalue weighted by Gasteiger charge is -2.24. The molecule has 1 aromatic heterocycles. The number of aryl methyl sites for hydroxylation is 1. The molecule has 2 heterocycles. The third-order valence-corrected chi connectivity index (χ3v) is 4.39. The fourth-order valence-corrected chi connectivity index (χ4v) is 3.10. The maximum atomic E-state index is 10.9. The molecule has 3 rings (SSSR count). The minimum atomic E-state index is -0.547. The second kappa shape index (κ2) is 7.83. The Morgan fingerprint density at radius 2 is 2.15 bits per heavy atom. The molecular formula is C19H21N5O3. The summed E-state index contributed by atoms with van der Waals surface area (Å²) in [6.45, 7) is 1.92. The van der Waals surface area contributed by atoms with E-state index in [-0.39, 0.29) is 18.4 Å². The molecule has 8 nitrogen and oxygen atoms in total. The van der Waals surface area contributed by atoms with Gasteiger partial charge < -0.3 is 20.9 Å². The van der Waals surface area contributed by atoms with Gasteiger partial charge in [-0.2, -0.15) is 5.26 Å². The first kappa shape index (κ1) is 18.3. The highest BCUT2D eigenvalue weighted by Gasteiger charge is 2.34. The van der Waals surface area contributed by atoms with Crippen molar-refractivity contribution in [3.63, 3.8) is 0 Å². The van der Waals surface area contributed by atoms with Gasteiger partial charge in [0, 0.05) is 11.3 Å². The molecule has 0 spiro atoms. The number of nitrogens with one attached hydrogen (secondary N) is 1. The Hall–Kier alpha value is -3.47. The third kappa shape index (κ3) is 3.72. The lowest BCUT2D eigenvalue weighted by atomic mass is 9.83. The standard InChI is InChI=1S/C19H21N5O3/c1-2-3-4-14-17-16(13(9-20)18(22)27-19(17)24-23-14)11-5-7-12(8-6-11)26-10-15(21)25/h5-8,16H,2-4,10,22H2,1H3,(H2,21,25)(H,23,24). The number of carbonyl (C=O) groups is 1. The maximum Gasteiger partial charge on any atom is 0.255 e. The third-order valence-electron chi connectivity index (χ3n) is 4.39. The molecule has 0 radical (unpaired) electrons. The van der Waals surface area contributed by atoms with E-state index < -0.39 is 5.91 Å². The zero-order valence-corrected chi connectivity index (χ0v) is 15.0. The topological polar surface area (TPSA) is 140 Å². The number of primary amides is 1. The summed E-state index contributed by atoms with van der Waals surface area (Å²) < 4.78 is 10.8. The summed E-state index contributed by atoms with van der Waals surface area (Å²) >= 11 is 0. The van der Waals surface area contributed by atoms with Gasteiger partial charge in [-0.1, -0.05) is 25.5 Å². The number of hydrogen-bond acceptors (Lipinski definition) is 6. The van der Waals surface area contributed by atoms with E-state index in [0.29, 0.717) is 17.2 Å². The van der Waals surface area contributed by atoms with Gasteiger partial charge in [0.15, 0.2) is 6.61 Å². The molecule has 0 aliphatic carbocycles. The van der Waals surface area contributed by atoms with Crippen molar-refractivity contribution in [3.8, 4) is 17.7 Å². The van der Waals surface area contributed by atoms with E-state index in [9.17, 15) is 10.1 Å². The fourth-order valence-electron chi connectivity index (χ4n) is 3.10. The summed E-state index contributed by atoms with van der Waals surface area (Å²) in [6, 6.07) is 9.28. The second-order valence-corrected chi connectivity index (χ2v) is 6.27. The van der Waals surface area contributed by atoms with Crippen LogP contribution in [0.15, 0.2) is 35.7 Å². The van der Waals surface area contributed by atoms with Crippen LogP contribution in [0.4, 0.5) is 0 Å². The molecule has 1 amide bonds. The van der Waals surface area contributed by atoms with Crippen LogP contribution in [0.1, 0.15) is 42.5 Å². The Bertz CT molecular complexity index is 908. The van der Waals surface area contributed by atoms with Crippen LogP contribution in [0.2, 0.25) is 0 Å². The summed E-state index contributed by atoms with van der Waals surface area (Å²) in [5.41, 5.74) is 14.0. The molecule has 0 fully saturated rings. The molecule has 1 unspecified atom stereocenters. The van der Waals surface area contributed by atoms with Crippen LogP contribution >= 0.6 is 0 Å². The Labute approximate surface area is 156 Å². The van der Waals surface area contributed by atoms with Crippen molar-refractivity contribution in [3.05, 3.63) is 52.5 Å². The normalized spacial score (nSPS) is 15.6. The van der Waals surface area contributed by atoms with Gasteiger partial charge in [0.1, 0.15) is 17.4 Å². The number of nitrogens with two attached hydrogens (primary N) is 2. The van der Waals surface area contributed by atoms with Crippen LogP contribution in [0, 0.1) is 11.3 Å². The van der Waals surface area contributed by atoms with Crippen molar-refractivity contribution in [2.75, 3.05) is 6.61 Å². The van der Waals surface area contributed by atoms with Gasteiger partial charge in [0.2, 0.25) is 11.8 Å². The molecule has 0 bridgehead atoms. The van der Waals surface area contributed by atoms with Crippen molar-refractivity contribution in [2.24, 2.45) is 11.5 Å². The number of ether oxygens (including phenoxy) is 2. The summed E-state index contributed by atoms with van der Waals surface area (Å²) in [5.74, 6) is 0.0390. The molecule has 1 aliphatic rings. The van der Waals surface area contributed by atoms with Gasteiger partial charge >= 0.3 is 0 Å². The predicted molar refractivity (Wildman–Crippen MR) is 97.6 cm³/mol. The van der Waals surface area contributed by atoms with Gasteiger partial charge in [0.05, 0.1) is 5.92 Å². The van der Waals surface area contributed by atoms with Crippen LogP contribution in [0.5, 0.6) is 11.6 Å². The largest absolute Gasteiger partial charge is 0.484 e. The molecular weight excluding hydrogens is 346 g/mol. The van der Waals surface area contributed by atoms with Crippen molar-refractivity contribution in [2.45, 2.75) is 32.1 Å². The molecule has 140 valence electrons. The van der Waals surface area contributed by atoms with Crippen LogP contribution in [-0.2, 0) is 11.2 Å². The number of nitriles is 1. The number of unbranched alkanes of at least 4 members (excludes halogenated alkanes) is 1. The molecule has 0 saturated carbocycles. The van der Waals surface area contributed by atoms with Gasteiger partial charge in [-0.25, -0.2) is 0 Å². The van der Waals surface area contributed by atoms with Gasteiger partial charge in [-0.15, -0.1) is 5.10 Å². The summed E-state index contributed by atoms with van der Waals surface area (Å²) in [7, 11) is 0. The number of carbonyl (C=O) groups excluding carboxylic acids is 1. The summed E-state index contributed by atoms with van der Waals surface area (Å²) in [6.07, 6.45) is 2.83. The first-order valence-electron chi connectivity index (χ1n) is 8.70. The van der Waals surface area contributed by atoms with Gasteiger partial charge in [-0.3, -0.25) is 9.89 Å². The molecule has 0 saturated heterocycles.